The summed E-state index contributed by atoms with van der Waals surface area (Å²) < 4.78 is 48.1. The molecule has 0 bridgehead atoms. The van der Waals surface area contributed by atoms with Gasteiger partial charge in [-0.3, -0.25) is 42.9 Å². The van der Waals surface area contributed by atoms with Crippen molar-refractivity contribution < 1.29 is 111 Å². The number of aromatic hydroxyl groups is 1. The molecule has 3 unspecified atom stereocenters. The van der Waals surface area contributed by atoms with Gasteiger partial charge in [-0.15, -0.1) is 0 Å². The van der Waals surface area contributed by atoms with Crippen LogP contribution in [-0.4, -0.2) is 220 Å². The second-order valence-electron chi connectivity index (χ2n) is 21.9. The molecule has 3 fully saturated rings. The first kappa shape index (κ1) is 68.1. The van der Waals surface area contributed by atoms with Crippen molar-refractivity contribution in [3.05, 3.63) is 83.9 Å². The normalized spacial score (nSPS) is 26.4. The van der Waals surface area contributed by atoms with E-state index in [1.807, 2.05) is 10.6 Å². The SMILES string of the molecule is CCCCCOc1ccc(-c2cc(-c3ccc(C(=O)N[C@H]4C[C@@H](O)[C@@H](O)NC(=O)[C@@H]5[C@@H](O)[C@@H](C)CN5C(=O)C([C@H](O)CC(N)=O)NC(=O)C([C@H](O)[C@@H](O)c5ccc(O)c(OS(=O)(=O)O)c5)NC(=O)[C@@H]5C[C@@H](O)CN5C(=O)C([C@@H](C)O)NC4=O)cc3)no2)cc1. The molecule has 484 valence electrons. The zero-order valence-electron chi connectivity index (χ0n) is 48.1. The van der Waals surface area contributed by atoms with Gasteiger partial charge in [0.1, 0.15) is 66.0 Å². The summed E-state index contributed by atoms with van der Waals surface area (Å²) in [5.41, 5.74) is 6.17. The van der Waals surface area contributed by atoms with Crippen LogP contribution in [0.3, 0.4) is 0 Å². The van der Waals surface area contributed by atoms with Gasteiger partial charge < -0.3 is 102 Å². The monoisotopic (exact) mass is 1270 g/mol. The fourth-order valence-corrected chi connectivity index (χ4v) is 10.7. The maximum Gasteiger partial charge on any atom is 0.446 e. The molecule has 3 aliphatic rings. The number of carbonyl (C=O) groups is 8. The molecule has 15 atom stereocenters. The predicted octanol–water partition coefficient (Wildman–Crippen LogP) is -3.90. The Kier molecular flexibility index (Phi) is 22.4. The number of unbranched alkanes of at least 4 members (excludes halogenated alkanes) is 2. The molecule has 4 heterocycles. The number of hydrogen-bond acceptors (Lipinski definition) is 23. The van der Waals surface area contributed by atoms with Crippen LogP contribution < -0.4 is 41.2 Å². The first-order valence-corrected chi connectivity index (χ1v) is 29.5. The number of aliphatic hydroxyl groups excluding tert-OH is 8. The van der Waals surface area contributed by atoms with Gasteiger partial charge in [0.05, 0.1) is 37.4 Å². The molecule has 17 N–H and O–H groups in total. The van der Waals surface area contributed by atoms with Crippen molar-refractivity contribution in [3.8, 4) is 39.8 Å². The number of aromatic nitrogens is 1. The number of primary amides is 1. The van der Waals surface area contributed by atoms with Gasteiger partial charge in [-0.1, -0.05) is 50.0 Å². The number of nitrogens with one attached hydrogen (secondary N) is 5. The highest BCUT2D eigenvalue weighted by Crippen LogP contribution is 2.34. The molecule has 1 aromatic heterocycles. The molecular weight excluding hydrogens is 1200 g/mol. The highest BCUT2D eigenvalue weighted by molar-refractivity contribution is 7.81. The molecule has 0 radical (unpaired) electrons. The van der Waals surface area contributed by atoms with Crippen LogP contribution in [0.1, 0.15) is 81.3 Å². The zero-order chi connectivity index (χ0) is 65.3. The van der Waals surface area contributed by atoms with E-state index in [-0.39, 0.29) is 5.56 Å². The van der Waals surface area contributed by atoms with Crippen molar-refractivity contribution in [1.82, 2.24) is 41.5 Å². The number of ether oxygens (including phenoxy) is 1. The lowest BCUT2D eigenvalue weighted by Gasteiger charge is -2.34. The molecular formula is C56H71N9O23S. The number of rotatable bonds is 18. The lowest BCUT2D eigenvalue weighted by atomic mass is 9.96. The fraction of sp³-hybridized carbons (Fsp3) is 0.482. The first-order valence-electron chi connectivity index (χ1n) is 28.1. The van der Waals surface area contributed by atoms with Gasteiger partial charge in [-0.25, -0.2) is 0 Å². The van der Waals surface area contributed by atoms with E-state index in [2.05, 4.69) is 32.2 Å². The number of amides is 8. The minimum absolute atomic E-state index is 0.107. The van der Waals surface area contributed by atoms with E-state index in [1.54, 1.807) is 30.3 Å². The van der Waals surface area contributed by atoms with E-state index in [9.17, 15) is 97.3 Å². The molecule has 32 nitrogen and oxygen atoms in total. The van der Waals surface area contributed by atoms with Crippen molar-refractivity contribution in [2.45, 2.75) is 145 Å². The third-order valence-electron chi connectivity index (χ3n) is 15.2. The summed E-state index contributed by atoms with van der Waals surface area (Å²) in [7, 11) is -5.35. The Bertz CT molecular complexity index is 3340. The Morgan fingerprint density at radius 3 is 2.07 bits per heavy atom. The van der Waals surface area contributed by atoms with Gasteiger partial charge in [0, 0.05) is 54.6 Å². The molecule has 0 saturated carbocycles. The average Bonchev–Trinajstić information content (AvgIpc) is 2.76. The smallest absolute Gasteiger partial charge is 0.446 e. The summed E-state index contributed by atoms with van der Waals surface area (Å²) in [5.74, 6) is -12.9. The average molecular weight is 1270 g/mol. The maximum atomic E-state index is 14.7. The number of hydrogen-bond donors (Lipinski definition) is 16. The molecule has 0 aliphatic carbocycles. The number of aliphatic hydroxyl groups is 8. The summed E-state index contributed by atoms with van der Waals surface area (Å²) in [6.45, 7) is 3.74. The highest BCUT2D eigenvalue weighted by atomic mass is 32.3. The van der Waals surface area contributed by atoms with Crippen LogP contribution >= 0.6 is 0 Å². The van der Waals surface area contributed by atoms with Gasteiger partial charge in [-0.05, 0) is 67.4 Å². The van der Waals surface area contributed by atoms with Crippen molar-refractivity contribution in [2.24, 2.45) is 11.7 Å². The van der Waals surface area contributed by atoms with Crippen LogP contribution in [0.5, 0.6) is 17.2 Å². The van der Waals surface area contributed by atoms with Gasteiger partial charge >= 0.3 is 10.4 Å². The highest BCUT2D eigenvalue weighted by Gasteiger charge is 2.51. The predicted molar refractivity (Wildman–Crippen MR) is 304 cm³/mol. The zero-order valence-corrected chi connectivity index (χ0v) is 48.9. The van der Waals surface area contributed by atoms with Gasteiger partial charge in [0.15, 0.2) is 23.5 Å². The number of nitrogens with two attached hydrogens (primary N) is 1. The summed E-state index contributed by atoms with van der Waals surface area (Å²) >= 11 is 0. The Morgan fingerprint density at radius 2 is 1.43 bits per heavy atom. The Morgan fingerprint density at radius 1 is 0.787 bits per heavy atom. The number of benzene rings is 3. The quantitative estimate of drug-likeness (QED) is 0.0334. The van der Waals surface area contributed by atoms with Crippen LogP contribution in [0, 0.1) is 5.92 Å². The molecule has 3 aromatic carbocycles. The van der Waals surface area contributed by atoms with Gasteiger partial charge in [0.25, 0.3) is 5.91 Å². The molecule has 33 heteroatoms. The number of carbonyl (C=O) groups excluding carboxylic acids is 8. The Hall–Kier alpha value is -8.38. The lowest BCUT2D eigenvalue weighted by molar-refractivity contribution is -0.149. The largest absolute Gasteiger partial charge is 0.504 e. The van der Waals surface area contributed by atoms with Crippen LogP contribution in [0.4, 0.5) is 0 Å². The summed E-state index contributed by atoms with van der Waals surface area (Å²) in [6, 6.07) is 3.52. The minimum Gasteiger partial charge on any atom is -0.504 e. The molecule has 7 rings (SSSR count). The second kappa shape index (κ2) is 29.3. The topological polar surface area (TPSA) is 510 Å². The first-order chi connectivity index (χ1) is 42.0. The summed E-state index contributed by atoms with van der Waals surface area (Å²) in [4.78, 5) is 115. The lowest BCUT2D eigenvalue weighted by Crippen LogP contribution is -2.64. The van der Waals surface area contributed by atoms with Crippen molar-refractivity contribution in [1.29, 1.82) is 0 Å². The molecule has 3 saturated heterocycles. The number of fused-ring (bicyclic) bond motifs is 2. The minimum atomic E-state index is -5.35. The fourth-order valence-electron chi connectivity index (χ4n) is 10.3. The van der Waals surface area contributed by atoms with Crippen LogP contribution in [0.2, 0.25) is 0 Å². The van der Waals surface area contributed by atoms with Crippen LogP contribution in [-0.2, 0) is 44.0 Å². The van der Waals surface area contributed by atoms with E-state index in [4.69, 9.17) is 15.0 Å². The van der Waals surface area contributed by atoms with E-state index >= 15 is 0 Å². The third kappa shape index (κ3) is 16.9. The van der Waals surface area contributed by atoms with E-state index in [1.165, 1.54) is 31.2 Å². The van der Waals surface area contributed by atoms with E-state index in [0.717, 1.165) is 32.3 Å². The molecule has 0 spiro atoms. The second-order valence-corrected chi connectivity index (χ2v) is 22.9. The Labute approximate surface area is 507 Å². The molecule has 3 aliphatic heterocycles. The number of phenolic OH excluding ortho intramolecular Hbond substituents is 1. The standard InChI is InChI=1S/C56H71N9O23S/c1-4-5-6-17-86-32-14-11-28(12-15-32)39-21-33(63-87-39)27-7-9-29(10-8-27)49(75)58-34-20-38(70)52(78)62-54(80)45-46(72)25(2)23-65(45)56(82)43(37(69)22-41(57)71)60-53(79)44(48(74)47(73)30-13-16-36(68)40(18-30)88-89(83,84)85)61-51(77)35-19-31(67)24-64(35)55(81)42(26(3)66)59-50(34)76/h7-16,18,21,25-26,31,34-35,37-38,42-48,52,66-70,72-74,78H,4-6,17,19-20,22-24H2,1-3H3,(H2,57,71)(H,58,75)(H,59,76)(H,60,79)(H,61,77)(H,62,80)(H,83,84,85)/t25-,26+,31+,34-,35-,37+,38+,42?,43?,44?,45-,46-,47-,48-,52+/m0/s1. The van der Waals surface area contributed by atoms with Gasteiger partial charge in [-0.2, -0.15) is 8.42 Å². The van der Waals surface area contributed by atoms with E-state index < -0.39 is 198 Å². The molecule has 4 aromatic rings. The Balaban J connectivity index is 1.22. The number of phenols is 1. The van der Waals surface area contributed by atoms with Gasteiger partial charge in [0.2, 0.25) is 41.4 Å². The van der Waals surface area contributed by atoms with Crippen molar-refractivity contribution in [3.63, 3.8) is 0 Å². The summed E-state index contributed by atoms with van der Waals surface area (Å²) in [6.07, 6.45) is -17.3. The summed E-state index contributed by atoms with van der Waals surface area (Å²) in [5, 5.41) is 116. The molecule has 8 amide bonds. The third-order valence-corrected chi connectivity index (χ3v) is 15.6. The van der Waals surface area contributed by atoms with E-state index in [0.29, 0.717) is 56.9 Å². The van der Waals surface area contributed by atoms with Crippen molar-refractivity contribution in [2.75, 3.05) is 19.7 Å². The van der Waals surface area contributed by atoms with Crippen LogP contribution in [0.15, 0.2) is 77.3 Å². The van der Waals surface area contributed by atoms with Crippen LogP contribution in [0.25, 0.3) is 22.6 Å². The van der Waals surface area contributed by atoms with Crippen molar-refractivity contribution >= 4 is 57.7 Å². The number of nitrogens with zero attached hydrogens (tertiary/aromatic N) is 3. The maximum absolute atomic E-state index is 14.7. The molecule has 89 heavy (non-hydrogen) atoms.